The molecule has 0 aliphatic carbocycles. The number of guanidine groups is 1. The number of hydrogen-bond donors (Lipinski definition) is 2. The molecule has 1 aliphatic rings. The van der Waals surface area contributed by atoms with Crippen molar-refractivity contribution in [2.75, 3.05) is 27.2 Å². The molecule has 1 aromatic carbocycles. The lowest BCUT2D eigenvalue weighted by atomic mass is 10.1. The van der Waals surface area contributed by atoms with Crippen molar-refractivity contribution in [3.8, 4) is 0 Å². The summed E-state index contributed by atoms with van der Waals surface area (Å²) >= 11 is 0. The summed E-state index contributed by atoms with van der Waals surface area (Å²) in [5, 5.41) is 11.2. The van der Waals surface area contributed by atoms with Gasteiger partial charge in [0.25, 0.3) is 0 Å². The van der Waals surface area contributed by atoms with E-state index in [2.05, 4.69) is 69.9 Å². The average Bonchev–Trinajstić information content (AvgIpc) is 3.11. The van der Waals surface area contributed by atoms with Gasteiger partial charge in [0, 0.05) is 52.2 Å². The number of nitrogens with one attached hydrogen (secondary N) is 2. The number of benzene rings is 1. The Hall–Kier alpha value is -2.61. The molecule has 3 rings (SSSR count). The Morgan fingerprint density at radius 2 is 2.00 bits per heavy atom. The third-order valence-corrected chi connectivity index (χ3v) is 5.98. The van der Waals surface area contributed by atoms with E-state index in [1.54, 1.807) is 11.7 Å². The van der Waals surface area contributed by atoms with Crippen molar-refractivity contribution in [3.05, 3.63) is 52.2 Å². The van der Waals surface area contributed by atoms with Gasteiger partial charge in [0.1, 0.15) is 5.82 Å². The van der Waals surface area contributed by atoms with E-state index in [0.29, 0.717) is 12.6 Å². The molecule has 31 heavy (non-hydrogen) atoms. The first-order chi connectivity index (χ1) is 15.1. The Morgan fingerprint density at radius 1 is 1.23 bits per heavy atom. The molecule has 0 spiro atoms. The Balaban J connectivity index is 1.33. The van der Waals surface area contributed by atoms with E-state index in [9.17, 15) is 4.79 Å². The zero-order valence-electron chi connectivity index (χ0n) is 19.2. The normalized spacial score (nSPS) is 15.0. The number of fused-ring (bicyclic) bond motifs is 1. The molecule has 8 heteroatoms. The molecule has 0 amide bonds. The molecule has 2 aromatic rings. The smallest absolute Gasteiger partial charge is 0.345 e. The zero-order valence-corrected chi connectivity index (χ0v) is 19.2. The number of hydrogen-bond acceptors (Lipinski definition) is 4. The van der Waals surface area contributed by atoms with Crippen LogP contribution in [0.5, 0.6) is 0 Å². The van der Waals surface area contributed by atoms with Gasteiger partial charge >= 0.3 is 5.69 Å². The van der Waals surface area contributed by atoms with Crippen LogP contribution in [-0.4, -0.2) is 58.4 Å². The van der Waals surface area contributed by atoms with Gasteiger partial charge in [-0.05, 0) is 45.2 Å². The molecule has 1 aliphatic heterocycles. The molecule has 2 heterocycles. The van der Waals surface area contributed by atoms with Crippen LogP contribution in [0.1, 0.15) is 44.0 Å². The third kappa shape index (κ3) is 6.69. The van der Waals surface area contributed by atoms with Crippen molar-refractivity contribution >= 4 is 5.96 Å². The maximum absolute atomic E-state index is 12.4. The van der Waals surface area contributed by atoms with E-state index in [1.807, 2.05) is 4.57 Å². The van der Waals surface area contributed by atoms with Crippen molar-refractivity contribution in [2.24, 2.45) is 4.99 Å². The minimum atomic E-state index is 0.0332. The molecule has 1 unspecified atom stereocenters. The van der Waals surface area contributed by atoms with Gasteiger partial charge in [0.2, 0.25) is 0 Å². The molecular formula is C23H37N7O. The van der Waals surface area contributed by atoms with Gasteiger partial charge in [-0.3, -0.25) is 14.5 Å². The largest absolute Gasteiger partial charge is 0.356 e. The summed E-state index contributed by atoms with van der Waals surface area (Å²) in [5.41, 5.74) is 1.37. The lowest BCUT2D eigenvalue weighted by Gasteiger charge is -2.25. The second-order valence-corrected chi connectivity index (χ2v) is 8.35. The maximum Gasteiger partial charge on any atom is 0.345 e. The topological polar surface area (TPSA) is 79.5 Å². The fraction of sp³-hybridized carbons (Fsp3) is 0.609. The lowest BCUT2D eigenvalue weighted by molar-refractivity contribution is 0.238. The molecule has 2 N–H and O–H groups in total. The van der Waals surface area contributed by atoms with Crippen LogP contribution in [0, 0.1) is 0 Å². The van der Waals surface area contributed by atoms with Gasteiger partial charge in [0.05, 0.1) is 0 Å². The quantitative estimate of drug-likeness (QED) is 0.344. The first kappa shape index (κ1) is 23.1. The van der Waals surface area contributed by atoms with Crippen molar-refractivity contribution in [3.63, 3.8) is 0 Å². The lowest BCUT2D eigenvalue weighted by Crippen LogP contribution is -2.40. The van der Waals surface area contributed by atoms with Gasteiger partial charge in [0.15, 0.2) is 5.96 Å². The van der Waals surface area contributed by atoms with Crippen LogP contribution >= 0.6 is 0 Å². The second-order valence-electron chi connectivity index (χ2n) is 8.35. The fourth-order valence-electron chi connectivity index (χ4n) is 3.90. The molecular weight excluding hydrogens is 390 g/mol. The predicted molar refractivity (Wildman–Crippen MR) is 125 cm³/mol. The van der Waals surface area contributed by atoms with Gasteiger partial charge in [-0.15, -0.1) is 0 Å². The summed E-state index contributed by atoms with van der Waals surface area (Å²) in [5.74, 6) is 1.74. The average molecular weight is 428 g/mol. The SMILES string of the molecule is CN=C(NCCCn1nc2n(c1=O)CCCC2)NCCC(C)N(C)Cc1ccccc1. The Bertz CT molecular complexity index is 887. The number of aliphatic imine (C=N–C) groups is 1. The van der Waals surface area contributed by atoms with Crippen LogP contribution in [0.2, 0.25) is 0 Å². The Morgan fingerprint density at radius 3 is 2.74 bits per heavy atom. The summed E-state index contributed by atoms with van der Waals surface area (Å²) in [6.45, 7) is 6.24. The van der Waals surface area contributed by atoms with Crippen LogP contribution in [0.25, 0.3) is 0 Å². The molecule has 0 bridgehead atoms. The molecule has 1 atom stereocenters. The van der Waals surface area contributed by atoms with Crippen LogP contribution < -0.4 is 16.3 Å². The predicted octanol–water partition coefficient (Wildman–Crippen LogP) is 1.85. The summed E-state index contributed by atoms with van der Waals surface area (Å²) in [4.78, 5) is 19.1. The third-order valence-electron chi connectivity index (χ3n) is 5.98. The minimum absolute atomic E-state index is 0.0332. The molecule has 170 valence electrons. The number of rotatable bonds is 10. The highest BCUT2D eigenvalue weighted by Crippen LogP contribution is 2.09. The van der Waals surface area contributed by atoms with Gasteiger partial charge in [-0.1, -0.05) is 30.3 Å². The van der Waals surface area contributed by atoms with E-state index >= 15 is 0 Å². The van der Waals surface area contributed by atoms with E-state index in [-0.39, 0.29) is 5.69 Å². The van der Waals surface area contributed by atoms with E-state index < -0.39 is 0 Å². The Labute approximate surface area is 185 Å². The Kier molecular flexibility index (Phi) is 8.70. The molecule has 0 radical (unpaired) electrons. The molecule has 0 saturated carbocycles. The van der Waals surface area contributed by atoms with Crippen LogP contribution in [0.3, 0.4) is 0 Å². The van der Waals surface area contributed by atoms with Gasteiger partial charge < -0.3 is 10.6 Å². The highest BCUT2D eigenvalue weighted by atomic mass is 16.2. The van der Waals surface area contributed by atoms with Crippen molar-refractivity contribution in [2.45, 2.75) is 64.7 Å². The molecule has 8 nitrogen and oxygen atoms in total. The number of aryl methyl sites for hydroxylation is 2. The molecule has 1 aromatic heterocycles. The number of nitrogens with zero attached hydrogens (tertiary/aromatic N) is 5. The van der Waals surface area contributed by atoms with Crippen molar-refractivity contribution < 1.29 is 0 Å². The van der Waals surface area contributed by atoms with Crippen molar-refractivity contribution in [1.29, 1.82) is 0 Å². The summed E-state index contributed by atoms with van der Waals surface area (Å²) in [7, 11) is 3.95. The van der Waals surface area contributed by atoms with E-state index in [4.69, 9.17) is 0 Å². The summed E-state index contributed by atoms with van der Waals surface area (Å²) in [6, 6.07) is 11.0. The highest BCUT2D eigenvalue weighted by Gasteiger charge is 2.16. The van der Waals surface area contributed by atoms with Crippen LogP contribution in [0.15, 0.2) is 40.1 Å². The summed E-state index contributed by atoms with van der Waals surface area (Å²) < 4.78 is 3.44. The zero-order chi connectivity index (χ0) is 22.1. The van der Waals surface area contributed by atoms with E-state index in [1.165, 1.54) is 5.56 Å². The maximum atomic E-state index is 12.4. The first-order valence-electron chi connectivity index (χ1n) is 11.4. The highest BCUT2D eigenvalue weighted by molar-refractivity contribution is 5.79. The minimum Gasteiger partial charge on any atom is -0.356 e. The van der Waals surface area contributed by atoms with Gasteiger partial charge in [-0.25, -0.2) is 9.48 Å². The van der Waals surface area contributed by atoms with E-state index in [0.717, 1.165) is 70.1 Å². The monoisotopic (exact) mass is 427 g/mol. The van der Waals surface area contributed by atoms with Crippen LogP contribution in [-0.2, 0) is 26.1 Å². The number of aromatic nitrogens is 3. The fourth-order valence-corrected chi connectivity index (χ4v) is 3.90. The molecule has 0 fully saturated rings. The second kappa shape index (κ2) is 11.7. The van der Waals surface area contributed by atoms with Gasteiger partial charge in [-0.2, -0.15) is 5.10 Å². The first-order valence-corrected chi connectivity index (χ1v) is 11.4. The standard InChI is InChI=1S/C23H37N7O/c1-19(28(3)18-20-10-5-4-6-11-20)13-15-26-22(24-2)25-14-9-17-30-23(31)29-16-8-7-12-21(29)27-30/h4-6,10-11,19H,7-9,12-18H2,1-3H3,(H2,24,25,26). The molecule has 0 saturated heterocycles. The summed E-state index contributed by atoms with van der Waals surface area (Å²) in [6.07, 6.45) is 4.96. The van der Waals surface area contributed by atoms with Crippen molar-refractivity contribution in [1.82, 2.24) is 29.9 Å². The van der Waals surface area contributed by atoms with Crippen LogP contribution in [0.4, 0.5) is 0 Å².